The fourth-order valence-electron chi connectivity index (χ4n) is 2.36. The van der Waals surface area contributed by atoms with Crippen molar-refractivity contribution in [1.82, 2.24) is 10.2 Å². The number of hydrogen-bond donors (Lipinski definition) is 3. The fourth-order valence-corrected chi connectivity index (χ4v) is 2.36. The molecule has 0 saturated heterocycles. The third-order valence-corrected chi connectivity index (χ3v) is 3.45. The molecule has 1 aromatic heterocycles. The smallest absolute Gasteiger partial charge is 0.335 e. The van der Waals surface area contributed by atoms with Crippen molar-refractivity contribution in [3.63, 3.8) is 0 Å². The van der Waals surface area contributed by atoms with Crippen molar-refractivity contribution in [2.75, 3.05) is 5.32 Å². The highest BCUT2D eigenvalue weighted by molar-refractivity contribution is 6.05. The van der Waals surface area contributed by atoms with Crippen LogP contribution in [0, 0.1) is 0 Å². The number of nitrogens with one attached hydrogen (secondary N) is 2. The molecule has 120 valence electrons. The number of H-pyrrole nitrogens is 1. The third kappa shape index (κ3) is 3.45. The highest BCUT2D eigenvalue weighted by Gasteiger charge is 2.19. The number of benzene rings is 1. The first-order valence-corrected chi connectivity index (χ1v) is 7.23. The van der Waals surface area contributed by atoms with Gasteiger partial charge in [0.2, 0.25) is 0 Å². The van der Waals surface area contributed by atoms with E-state index in [0.29, 0.717) is 29.8 Å². The Bertz CT molecular complexity index is 811. The van der Waals surface area contributed by atoms with Crippen LogP contribution in [0.4, 0.5) is 5.69 Å². The minimum atomic E-state index is -1.09. The number of aromatic carboxylic acids is 1. The van der Waals surface area contributed by atoms with Crippen LogP contribution in [0.2, 0.25) is 0 Å². The molecule has 7 heteroatoms. The number of aromatic nitrogens is 2. The molecule has 0 unspecified atom stereocenters. The Morgan fingerprint density at radius 2 is 2.00 bits per heavy atom. The van der Waals surface area contributed by atoms with Crippen molar-refractivity contribution in [2.24, 2.45) is 0 Å². The van der Waals surface area contributed by atoms with E-state index in [1.807, 2.05) is 13.8 Å². The van der Waals surface area contributed by atoms with Crippen LogP contribution in [-0.4, -0.2) is 27.2 Å². The Kier molecular flexibility index (Phi) is 4.90. The van der Waals surface area contributed by atoms with Gasteiger partial charge in [-0.3, -0.25) is 9.59 Å². The summed E-state index contributed by atoms with van der Waals surface area (Å²) in [5.41, 5.74) is 1.08. The lowest BCUT2D eigenvalue weighted by molar-refractivity contribution is 0.0696. The van der Waals surface area contributed by atoms with Crippen molar-refractivity contribution in [3.05, 3.63) is 57.0 Å². The van der Waals surface area contributed by atoms with Gasteiger partial charge < -0.3 is 10.4 Å². The summed E-state index contributed by atoms with van der Waals surface area (Å²) in [6.07, 6.45) is 1.09. The number of carbonyl (C=O) groups excluding carboxylic acids is 1. The first-order valence-electron chi connectivity index (χ1n) is 7.23. The predicted molar refractivity (Wildman–Crippen MR) is 85.0 cm³/mol. The first-order chi connectivity index (χ1) is 11.0. The van der Waals surface area contributed by atoms with Gasteiger partial charge in [-0.1, -0.05) is 19.9 Å². The Morgan fingerprint density at radius 1 is 1.26 bits per heavy atom. The predicted octanol–water partition coefficient (Wildman–Crippen LogP) is 1.85. The molecule has 3 N–H and O–H groups in total. The molecular weight excluding hydrogens is 298 g/mol. The quantitative estimate of drug-likeness (QED) is 0.779. The summed E-state index contributed by atoms with van der Waals surface area (Å²) in [4.78, 5) is 35.4. The molecule has 2 aromatic rings. The molecule has 0 atom stereocenters. The van der Waals surface area contributed by atoms with Crippen LogP contribution in [0.25, 0.3) is 0 Å². The van der Waals surface area contributed by atoms with Gasteiger partial charge in [0.25, 0.3) is 11.5 Å². The second-order valence-corrected chi connectivity index (χ2v) is 4.90. The monoisotopic (exact) mass is 315 g/mol. The number of nitrogens with zero attached hydrogens (tertiary/aromatic N) is 1. The number of amides is 1. The molecule has 0 radical (unpaired) electrons. The van der Waals surface area contributed by atoms with Gasteiger partial charge in [0.05, 0.1) is 11.3 Å². The van der Waals surface area contributed by atoms with Crippen LogP contribution in [0.5, 0.6) is 0 Å². The molecule has 0 aliphatic heterocycles. The average Bonchev–Trinajstić information content (AvgIpc) is 2.54. The van der Waals surface area contributed by atoms with E-state index >= 15 is 0 Å². The summed E-state index contributed by atoms with van der Waals surface area (Å²) >= 11 is 0. The van der Waals surface area contributed by atoms with E-state index in [4.69, 9.17) is 5.11 Å². The minimum absolute atomic E-state index is 0.0140. The fraction of sp³-hybridized carbons (Fsp3) is 0.250. The standard InChI is InChI=1S/C16H17N3O4/c1-3-11-12(4-2)18-19-15(21)13(11)14(20)17-10-7-5-6-9(8-10)16(22)23/h5-8H,3-4H2,1-2H3,(H,17,20)(H,19,21)(H,22,23). The Labute approximate surface area is 132 Å². The second-order valence-electron chi connectivity index (χ2n) is 4.90. The maximum Gasteiger partial charge on any atom is 0.335 e. The minimum Gasteiger partial charge on any atom is -0.478 e. The molecule has 7 nitrogen and oxygen atoms in total. The zero-order valence-corrected chi connectivity index (χ0v) is 12.8. The van der Waals surface area contributed by atoms with Crippen molar-refractivity contribution in [1.29, 1.82) is 0 Å². The van der Waals surface area contributed by atoms with Crippen LogP contribution in [-0.2, 0) is 12.8 Å². The van der Waals surface area contributed by atoms with E-state index in [2.05, 4.69) is 15.5 Å². The van der Waals surface area contributed by atoms with E-state index in [9.17, 15) is 14.4 Å². The number of carboxylic acid groups (broad SMARTS) is 1. The summed E-state index contributed by atoms with van der Waals surface area (Å²) in [5, 5.41) is 17.8. The maximum absolute atomic E-state index is 12.5. The average molecular weight is 315 g/mol. The third-order valence-electron chi connectivity index (χ3n) is 3.45. The zero-order chi connectivity index (χ0) is 17.0. The highest BCUT2D eigenvalue weighted by atomic mass is 16.4. The number of rotatable bonds is 5. The molecule has 0 saturated carbocycles. The number of aromatic amines is 1. The van der Waals surface area contributed by atoms with E-state index < -0.39 is 17.4 Å². The molecule has 1 amide bonds. The van der Waals surface area contributed by atoms with Gasteiger partial charge in [-0.05, 0) is 36.6 Å². The van der Waals surface area contributed by atoms with Gasteiger partial charge in [-0.2, -0.15) is 5.10 Å². The van der Waals surface area contributed by atoms with Gasteiger partial charge in [0.1, 0.15) is 5.56 Å². The molecule has 1 heterocycles. The Hall–Kier alpha value is -2.96. The summed E-state index contributed by atoms with van der Waals surface area (Å²) in [6.45, 7) is 3.73. The first kappa shape index (κ1) is 16.4. The molecule has 2 rings (SSSR count). The molecule has 0 aliphatic rings. The normalized spacial score (nSPS) is 10.3. The van der Waals surface area contributed by atoms with Gasteiger partial charge in [-0.15, -0.1) is 0 Å². The molecule has 23 heavy (non-hydrogen) atoms. The van der Waals surface area contributed by atoms with Gasteiger partial charge in [0.15, 0.2) is 0 Å². The van der Waals surface area contributed by atoms with Crippen LogP contribution >= 0.6 is 0 Å². The number of aryl methyl sites for hydroxylation is 1. The van der Waals surface area contributed by atoms with Gasteiger partial charge >= 0.3 is 5.97 Å². The lowest BCUT2D eigenvalue weighted by Gasteiger charge is -2.11. The molecule has 0 spiro atoms. The molecule has 0 fully saturated rings. The zero-order valence-electron chi connectivity index (χ0n) is 12.8. The van der Waals surface area contributed by atoms with E-state index in [-0.39, 0.29) is 11.1 Å². The van der Waals surface area contributed by atoms with Crippen molar-refractivity contribution in [3.8, 4) is 0 Å². The number of anilines is 1. The number of carbonyl (C=O) groups is 2. The topological polar surface area (TPSA) is 112 Å². The number of hydrogen-bond acceptors (Lipinski definition) is 4. The highest BCUT2D eigenvalue weighted by Crippen LogP contribution is 2.15. The largest absolute Gasteiger partial charge is 0.478 e. The molecule has 0 bridgehead atoms. The maximum atomic E-state index is 12.5. The van der Waals surface area contributed by atoms with E-state index in [1.165, 1.54) is 18.2 Å². The number of carboxylic acids is 1. The Morgan fingerprint density at radius 3 is 2.61 bits per heavy atom. The van der Waals surface area contributed by atoms with Gasteiger partial charge in [0, 0.05) is 5.69 Å². The Balaban J connectivity index is 2.40. The second kappa shape index (κ2) is 6.87. The molecule has 0 aliphatic carbocycles. The summed E-state index contributed by atoms with van der Waals surface area (Å²) in [7, 11) is 0. The van der Waals surface area contributed by atoms with Crippen LogP contribution in [0.15, 0.2) is 29.1 Å². The van der Waals surface area contributed by atoms with Crippen molar-refractivity contribution >= 4 is 17.6 Å². The van der Waals surface area contributed by atoms with Crippen molar-refractivity contribution < 1.29 is 14.7 Å². The SMILES string of the molecule is CCc1n[nH]c(=O)c(C(=O)Nc2cccc(C(=O)O)c2)c1CC. The van der Waals surface area contributed by atoms with Crippen LogP contribution in [0.3, 0.4) is 0 Å². The van der Waals surface area contributed by atoms with Crippen molar-refractivity contribution in [2.45, 2.75) is 26.7 Å². The van der Waals surface area contributed by atoms with Crippen LogP contribution < -0.4 is 10.9 Å². The summed E-state index contributed by atoms with van der Waals surface area (Å²) in [5.74, 6) is -1.67. The van der Waals surface area contributed by atoms with Crippen LogP contribution in [0.1, 0.15) is 45.8 Å². The molecule has 1 aromatic carbocycles. The van der Waals surface area contributed by atoms with E-state index in [0.717, 1.165) is 0 Å². The van der Waals surface area contributed by atoms with Gasteiger partial charge in [-0.25, -0.2) is 9.89 Å². The lowest BCUT2D eigenvalue weighted by Crippen LogP contribution is -2.28. The lowest BCUT2D eigenvalue weighted by atomic mass is 10.0. The summed E-state index contributed by atoms with van der Waals surface area (Å²) in [6, 6.07) is 5.84. The summed E-state index contributed by atoms with van der Waals surface area (Å²) < 4.78 is 0. The van der Waals surface area contributed by atoms with E-state index in [1.54, 1.807) is 6.07 Å². The molecular formula is C16H17N3O4.